The van der Waals surface area contributed by atoms with Crippen LogP contribution in [-0.2, 0) is 0 Å². The fraction of sp³-hybridized carbons (Fsp3) is 0.0625. The summed E-state index contributed by atoms with van der Waals surface area (Å²) in [5.74, 6) is -3.64. The largest absolute Gasteiger partial charge is 0.456 e. The van der Waals surface area contributed by atoms with E-state index in [0.717, 1.165) is 41.4 Å². The van der Waals surface area contributed by atoms with Gasteiger partial charge in [0, 0.05) is 17.3 Å². The molecule has 3 rings (SSSR count). The van der Waals surface area contributed by atoms with Crippen LogP contribution in [-0.4, -0.2) is 37.5 Å². The number of benzene rings is 1. The predicted octanol–water partition coefficient (Wildman–Crippen LogP) is 3.03. The first-order valence-electron chi connectivity index (χ1n) is 7.05. The average molecular weight is 367 g/mol. The second-order valence-corrected chi connectivity index (χ2v) is 5.27. The summed E-state index contributed by atoms with van der Waals surface area (Å²) >= 11 is 0. The highest BCUT2D eigenvalue weighted by Gasteiger charge is 2.41. The standard InChI is InChI=1S/C16H9F4N3O3/c17-11-3-1-2-9(4-11)14(24)10-5-13(15(25)16(18,19)20)22(7-10)12-6-21-23(26)8-12/h1-8,26H. The zero-order valence-electron chi connectivity index (χ0n) is 12.7. The van der Waals surface area contributed by atoms with Gasteiger partial charge < -0.3 is 9.77 Å². The van der Waals surface area contributed by atoms with Crippen LogP contribution in [0.15, 0.2) is 48.9 Å². The normalized spacial score (nSPS) is 11.5. The van der Waals surface area contributed by atoms with Crippen molar-refractivity contribution in [2.75, 3.05) is 0 Å². The Morgan fingerprint density at radius 3 is 2.38 bits per heavy atom. The third kappa shape index (κ3) is 3.21. The molecule has 0 radical (unpaired) electrons. The number of carbonyl (C=O) groups is 2. The number of hydrogen-bond donors (Lipinski definition) is 1. The van der Waals surface area contributed by atoms with E-state index in [4.69, 9.17) is 0 Å². The van der Waals surface area contributed by atoms with Crippen molar-refractivity contribution in [1.29, 1.82) is 0 Å². The topological polar surface area (TPSA) is 77.1 Å². The molecule has 1 aromatic carbocycles. The summed E-state index contributed by atoms with van der Waals surface area (Å²) in [4.78, 5) is 24.5. The van der Waals surface area contributed by atoms with Gasteiger partial charge in [-0.25, -0.2) is 4.39 Å². The molecule has 0 spiro atoms. The summed E-state index contributed by atoms with van der Waals surface area (Å²) in [6, 6.07) is 5.36. The molecule has 0 amide bonds. The Kier molecular flexibility index (Phi) is 4.10. The molecule has 26 heavy (non-hydrogen) atoms. The smallest absolute Gasteiger partial charge is 0.412 e. The van der Waals surface area contributed by atoms with Crippen molar-refractivity contribution in [3.8, 4) is 5.69 Å². The monoisotopic (exact) mass is 367 g/mol. The Labute approximate surface area is 142 Å². The van der Waals surface area contributed by atoms with Gasteiger partial charge in [0.05, 0.1) is 23.8 Å². The maximum atomic E-state index is 13.3. The van der Waals surface area contributed by atoms with Crippen LogP contribution in [0, 0.1) is 5.82 Å². The molecule has 0 unspecified atom stereocenters. The minimum absolute atomic E-state index is 0.0709. The van der Waals surface area contributed by atoms with E-state index in [0.29, 0.717) is 4.85 Å². The zero-order chi connectivity index (χ0) is 19.1. The maximum Gasteiger partial charge on any atom is 0.456 e. The van der Waals surface area contributed by atoms with Crippen LogP contribution in [0.5, 0.6) is 0 Å². The number of ketones is 2. The molecule has 0 atom stereocenters. The molecule has 2 heterocycles. The third-order valence-electron chi connectivity index (χ3n) is 3.49. The van der Waals surface area contributed by atoms with Gasteiger partial charge in [-0.3, -0.25) is 9.59 Å². The van der Waals surface area contributed by atoms with E-state index in [2.05, 4.69) is 5.10 Å². The Hall–Kier alpha value is -3.43. The van der Waals surface area contributed by atoms with Crippen molar-refractivity contribution in [2.45, 2.75) is 6.18 Å². The van der Waals surface area contributed by atoms with Gasteiger partial charge in [0.2, 0.25) is 0 Å². The van der Waals surface area contributed by atoms with Gasteiger partial charge >= 0.3 is 6.18 Å². The fourth-order valence-corrected chi connectivity index (χ4v) is 2.34. The highest BCUT2D eigenvalue weighted by atomic mass is 19.4. The average Bonchev–Trinajstić information content (AvgIpc) is 3.18. The van der Waals surface area contributed by atoms with E-state index in [-0.39, 0.29) is 16.8 Å². The van der Waals surface area contributed by atoms with Crippen LogP contribution >= 0.6 is 0 Å². The molecular formula is C16H9F4N3O3. The van der Waals surface area contributed by atoms with Gasteiger partial charge in [-0.15, -0.1) is 9.94 Å². The second-order valence-electron chi connectivity index (χ2n) is 5.27. The van der Waals surface area contributed by atoms with E-state index in [1.54, 1.807) is 0 Å². The fourth-order valence-electron chi connectivity index (χ4n) is 2.34. The van der Waals surface area contributed by atoms with E-state index in [1.165, 1.54) is 12.1 Å². The lowest BCUT2D eigenvalue weighted by Crippen LogP contribution is -2.25. The van der Waals surface area contributed by atoms with Crippen LogP contribution in [0.2, 0.25) is 0 Å². The van der Waals surface area contributed by atoms with Gasteiger partial charge in [0.1, 0.15) is 5.82 Å². The molecule has 6 nitrogen and oxygen atoms in total. The molecule has 0 aliphatic carbocycles. The minimum Gasteiger partial charge on any atom is -0.412 e. The molecule has 0 aliphatic rings. The minimum atomic E-state index is -5.18. The lowest BCUT2D eigenvalue weighted by molar-refractivity contribution is -0.0889. The van der Waals surface area contributed by atoms with Crippen molar-refractivity contribution < 1.29 is 32.4 Å². The summed E-state index contributed by atoms with van der Waals surface area (Å²) in [5, 5.41) is 12.6. The summed E-state index contributed by atoms with van der Waals surface area (Å²) in [6.45, 7) is 0. The Balaban J connectivity index is 2.12. The summed E-state index contributed by atoms with van der Waals surface area (Å²) in [5.41, 5.74) is -1.26. The summed E-state index contributed by atoms with van der Waals surface area (Å²) < 4.78 is 52.6. The molecule has 10 heteroatoms. The lowest BCUT2D eigenvalue weighted by Gasteiger charge is -2.07. The second kappa shape index (κ2) is 6.14. The third-order valence-corrected chi connectivity index (χ3v) is 3.49. The van der Waals surface area contributed by atoms with Crippen molar-refractivity contribution in [3.05, 3.63) is 71.6 Å². The van der Waals surface area contributed by atoms with Gasteiger partial charge in [-0.2, -0.15) is 13.2 Å². The van der Waals surface area contributed by atoms with E-state index in [1.807, 2.05) is 0 Å². The zero-order valence-corrected chi connectivity index (χ0v) is 12.7. The Morgan fingerprint density at radius 1 is 1.08 bits per heavy atom. The highest BCUT2D eigenvalue weighted by Crippen LogP contribution is 2.26. The summed E-state index contributed by atoms with van der Waals surface area (Å²) in [6.07, 6.45) is -2.24. The van der Waals surface area contributed by atoms with Crippen LogP contribution in [0.1, 0.15) is 26.4 Å². The lowest BCUT2D eigenvalue weighted by atomic mass is 10.1. The molecule has 0 aliphatic heterocycles. The van der Waals surface area contributed by atoms with Crippen LogP contribution in [0.4, 0.5) is 17.6 Å². The number of carbonyl (C=O) groups excluding carboxylic acids is 2. The van der Waals surface area contributed by atoms with Crippen LogP contribution in [0.25, 0.3) is 5.69 Å². The number of hydrogen-bond acceptors (Lipinski definition) is 4. The van der Waals surface area contributed by atoms with Crippen molar-refractivity contribution in [3.63, 3.8) is 0 Å². The van der Waals surface area contributed by atoms with Crippen molar-refractivity contribution in [1.82, 2.24) is 14.5 Å². The number of alkyl halides is 3. The quantitative estimate of drug-likeness (QED) is 0.437. The van der Waals surface area contributed by atoms with Gasteiger partial charge in [0.25, 0.3) is 5.78 Å². The SMILES string of the molecule is O=C(c1cccc(F)c1)c1cc(C(=O)C(F)(F)F)n(-c2cnn(O)c2)c1. The molecular weight excluding hydrogens is 358 g/mol. The Bertz CT molecular complexity index is 1000. The number of aromatic nitrogens is 3. The maximum absolute atomic E-state index is 13.3. The molecule has 0 fully saturated rings. The molecule has 1 N–H and O–H groups in total. The Morgan fingerprint density at radius 2 is 1.81 bits per heavy atom. The molecule has 0 saturated heterocycles. The van der Waals surface area contributed by atoms with Gasteiger partial charge in [-0.05, 0) is 18.2 Å². The molecule has 2 aromatic heterocycles. The number of Topliss-reactive ketones (excluding diaryl/α,β-unsaturated/α-hetero) is 1. The molecule has 3 aromatic rings. The number of halogens is 4. The van der Waals surface area contributed by atoms with Crippen molar-refractivity contribution >= 4 is 11.6 Å². The summed E-state index contributed by atoms with van der Waals surface area (Å²) in [7, 11) is 0. The first-order chi connectivity index (χ1) is 12.2. The molecule has 0 saturated carbocycles. The van der Waals surface area contributed by atoms with Gasteiger partial charge in [0.15, 0.2) is 5.78 Å². The first kappa shape index (κ1) is 17.4. The van der Waals surface area contributed by atoms with Gasteiger partial charge in [-0.1, -0.05) is 12.1 Å². The van der Waals surface area contributed by atoms with Crippen LogP contribution < -0.4 is 0 Å². The van der Waals surface area contributed by atoms with E-state index >= 15 is 0 Å². The van der Waals surface area contributed by atoms with E-state index in [9.17, 15) is 32.4 Å². The number of nitrogens with zero attached hydrogens (tertiary/aromatic N) is 3. The first-order valence-corrected chi connectivity index (χ1v) is 7.05. The molecule has 134 valence electrons. The van der Waals surface area contributed by atoms with Crippen LogP contribution in [0.3, 0.4) is 0 Å². The van der Waals surface area contributed by atoms with Crippen molar-refractivity contribution in [2.24, 2.45) is 0 Å². The molecule has 0 bridgehead atoms. The van der Waals surface area contributed by atoms with E-state index < -0.39 is 29.3 Å². The highest BCUT2D eigenvalue weighted by molar-refractivity contribution is 6.11. The number of rotatable bonds is 4. The predicted molar refractivity (Wildman–Crippen MR) is 79.0 cm³/mol.